The standard InChI is InChI=1S/C25H27F4N5O/c26-9-2-10-34-12-16(13-34)31-15-5-7-19(30-11-15)23-18-6-8-20-24(25(29)33-32-20)17(18)3-1-4-21(23)35-14-22(27)28/h5-8,11,16,22,31H,1-4,9-10,12-14H2,(H,32,33). The van der Waals surface area contributed by atoms with E-state index in [2.05, 4.69) is 25.4 Å². The molecule has 0 atom stereocenters. The summed E-state index contributed by atoms with van der Waals surface area (Å²) in [5.41, 5.74) is 4.09. The van der Waals surface area contributed by atoms with Crippen molar-refractivity contribution in [2.75, 3.05) is 38.2 Å². The van der Waals surface area contributed by atoms with E-state index in [9.17, 15) is 17.6 Å². The zero-order chi connectivity index (χ0) is 24.4. The summed E-state index contributed by atoms with van der Waals surface area (Å²) in [6, 6.07) is 7.57. The number of H-pyrrole nitrogens is 1. The zero-order valence-electron chi connectivity index (χ0n) is 19.2. The van der Waals surface area contributed by atoms with Crippen molar-refractivity contribution < 1.29 is 22.3 Å². The van der Waals surface area contributed by atoms with Gasteiger partial charge in [0.15, 0.2) is 0 Å². The molecule has 186 valence electrons. The van der Waals surface area contributed by atoms with Crippen LogP contribution in [0.5, 0.6) is 0 Å². The number of fused-ring (bicyclic) bond motifs is 3. The van der Waals surface area contributed by atoms with Gasteiger partial charge in [-0.2, -0.15) is 4.39 Å². The van der Waals surface area contributed by atoms with E-state index in [1.54, 1.807) is 12.3 Å². The van der Waals surface area contributed by atoms with E-state index in [1.807, 2.05) is 18.2 Å². The van der Waals surface area contributed by atoms with Gasteiger partial charge >= 0.3 is 0 Å². The molecule has 10 heteroatoms. The fraction of sp³-hybridized carbons (Fsp3) is 0.440. The molecule has 6 nitrogen and oxygen atoms in total. The van der Waals surface area contributed by atoms with Crippen LogP contribution in [0.25, 0.3) is 16.5 Å². The second kappa shape index (κ2) is 10.2. The molecule has 3 heterocycles. The van der Waals surface area contributed by atoms with Crippen molar-refractivity contribution in [3.05, 3.63) is 59.0 Å². The highest BCUT2D eigenvalue weighted by Gasteiger charge is 2.27. The smallest absolute Gasteiger partial charge is 0.272 e. The molecular formula is C25H27F4N5O. The van der Waals surface area contributed by atoms with E-state index < -0.39 is 19.0 Å². The Morgan fingerprint density at radius 3 is 2.77 bits per heavy atom. The van der Waals surface area contributed by atoms with E-state index in [4.69, 9.17) is 4.74 Å². The Morgan fingerprint density at radius 1 is 1.17 bits per heavy atom. The van der Waals surface area contributed by atoms with Crippen molar-refractivity contribution in [2.24, 2.45) is 0 Å². The number of rotatable bonds is 9. The molecule has 0 saturated carbocycles. The SMILES string of the molecule is FCCCN1CC(Nc2ccc(C3=C(OCC(F)F)CCCc4c3ccc3[nH]nc(F)c43)nc2)C1. The number of aryl methyl sites for hydroxylation is 1. The number of anilines is 1. The molecule has 2 aliphatic rings. The van der Waals surface area contributed by atoms with Crippen LogP contribution in [-0.4, -0.2) is 65.5 Å². The molecule has 3 aromatic rings. The first-order valence-corrected chi connectivity index (χ1v) is 11.8. The Labute approximate surface area is 200 Å². The van der Waals surface area contributed by atoms with Crippen LogP contribution in [0.3, 0.4) is 0 Å². The van der Waals surface area contributed by atoms with Gasteiger partial charge in [-0.3, -0.25) is 19.4 Å². The minimum absolute atomic E-state index is 0.266. The number of nitrogens with one attached hydrogen (secondary N) is 2. The molecule has 1 aliphatic carbocycles. The van der Waals surface area contributed by atoms with Crippen LogP contribution >= 0.6 is 0 Å². The molecule has 5 rings (SSSR count). The first-order valence-electron chi connectivity index (χ1n) is 11.8. The van der Waals surface area contributed by atoms with Crippen molar-refractivity contribution in [2.45, 2.75) is 38.2 Å². The zero-order valence-corrected chi connectivity index (χ0v) is 19.2. The van der Waals surface area contributed by atoms with Crippen LogP contribution in [0.4, 0.5) is 23.2 Å². The van der Waals surface area contributed by atoms with Gasteiger partial charge < -0.3 is 10.1 Å². The van der Waals surface area contributed by atoms with E-state index in [0.29, 0.717) is 53.6 Å². The summed E-state index contributed by atoms with van der Waals surface area (Å²) in [6.45, 7) is 1.43. The Hall–Kier alpha value is -3.14. The molecule has 1 fully saturated rings. The van der Waals surface area contributed by atoms with Gasteiger partial charge in [-0.1, -0.05) is 6.07 Å². The Balaban J connectivity index is 1.44. The predicted molar refractivity (Wildman–Crippen MR) is 126 cm³/mol. The van der Waals surface area contributed by atoms with Crippen LogP contribution in [0.15, 0.2) is 36.2 Å². The lowest BCUT2D eigenvalue weighted by atomic mass is 9.93. The number of ether oxygens (including phenoxy) is 1. The number of nitrogens with zero attached hydrogens (tertiary/aromatic N) is 3. The minimum Gasteiger partial charge on any atom is -0.491 e. The van der Waals surface area contributed by atoms with Gasteiger partial charge in [0.25, 0.3) is 6.43 Å². The number of alkyl halides is 3. The minimum atomic E-state index is -2.60. The molecule has 0 unspecified atom stereocenters. The van der Waals surface area contributed by atoms with E-state index in [-0.39, 0.29) is 12.7 Å². The second-order valence-corrected chi connectivity index (χ2v) is 8.96. The molecule has 1 aromatic carbocycles. The highest BCUT2D eigenvalue weighted by atomic mass is 19.3. The van der Waals surface area contributed by atoms with Crippen LogP contribution in [-0.2, 0) is 11.2 Å². The summed E-state index contributed by atoms with van der Waals surface area (Å²) in [7, 11) is 0. The van der Waals surface area contributed by atoms with Crippen LogP contribution < -0.4 is 5.32 Å². The molecule has 0 bridgehead atoms. The van der Waals surface area contributed by atoms with Gasteiger partial charge in [-0.15, -0.1) is 5.10 Å². The summed E-state index contributed by atoms with van der Waals surface area (Å²) in [6.07, 6.45) is 1.28. The van der Waals surface area contributed by atoms with Crippen LogP contribution in [0.1, 0.15) is 36.1 Å². The second-order valence-electron chi connectivity index (χ2n) is 8.96. The van der Waals surface area contributed by atoms with Gasteiger partial charge in [0.2, 0.25) is 5.95 Å². The molecule has 2 N–H and O–H groups in total. The summed E-state index contributed by atoms with van der Waals surface area (Å²) >= 11 is 0. The number of likely N-dealkylation sites (tertiary alicyclic amines) is 1. The average molecular weight is 490 g/mol. The van der Waals surface area contributed by atoms with Crippen molar-refractivity contribution in [1.82, 2.24) is 20.1 Å². The van der Waals surface area contributed by atoms with Crippen molar-refractivity contribution in [3.63, 3.8) is 0 Å². The van der Waals surface area contributed by atoms with Crippen molar-refractivity contribution in [1.29, 1.82) is 0 Å². The third-order valence-corrected chi connectivity index (χ3v) is 6.51. The topological polar surface area (TPSA) is 66.1 Å². The average Bonchev–Trinajstić information content (AvgIpc) is 3.10. The molecule has 1 aliphatic heterocycles. The molecule has 35 heavy (non-hydrogen) atoms. The predicted octanol–water partition coefficient (Wildman–Crippen LogP) is 4.93. The Morgan fingerprint density at radius 2 is 2.03 bits per heavy atom. The number of benzene rings is 1. The fourth-order valence-corrected chi connectivity index (χ4v) is 4.92. The number of allylic oxidation sites excluding steroid dienone is 1. The maximum Gasteiger partial charge on any atom is 0.272 e. The molecule has 0 radical (unpaired) electrons. The van der Waals surface area contributed by atoms with E-state index in [1.165, 1.54) is 0 Å². The lowest BCUT2D eigenvalue weighted by molar-refractivity contribution is 0.0466. The maximum atomic E-state index is 14.5. The van der Waals surface area contributed by atoms with Gasteiger partial charge in [-0.25, -0.2) is 8.78 Å². The van der Waals surface area contributed by atoms with Crippen molar-refractivity contribution >= 4 is 22.2 Å². The Kier molecular flexibility index (Phi) is 6.90. The molecule has 1 saturated heterocycles. The highest BCUT2D eigenvalue weighted by molar-refractivity contribution is 5.92. The van der Waals surface area contributed by atoms with Crippen molar-refractivity contribution in [3.8, 4) is 0 Å². The fourth-order valence-electron chi connectivity index (χ4n) is 4.92. The highest BCUT2D eigenvalue weighted by Crippen LogP contribution is 2.38. The number of hydrogen-bond donors (Lipinski definition) is 2. The Bertz CT molecular complexity index is 1200. The summed E-state index contributed by atoms with van der Waals surface area (Å²) < 4.78 is 58.4. The lowest BCUT2D eigenvalue weighted by Crippen LogP contribution is -2.54. The third kappa shape index (κ3) is 4.98. The van der Waals surface area contributed by atoms with Crippen LogP contribution in [0, 0.1) is 5.95 Å². The molecule has 0 amide bonds. The normalized spacial score (nSPS) is 16.9. The summed E-state index contributed by atoms with van der Waals surface area (Å²) in [5.74, 6) is -0.148. The largest absolute Gasteiger partial charge is 0.491 e. The first kappa shape index (κ1) is 23.6. The molecule has 2 aromatic heterocycles. The lowest BCUT2D eigenvalue weighted by Gasteiger charge is -2.40. The van der Waals surface area contributed by atoms with E-state index in [0.717, 1.165) is 36.4 Å². The monoisotopic (exact) mass is 489 g/mol. The first-order chi connectivity index (χ1) is 17.0. The number of hydrogen-bond acceptors (Lipinski definition) is 5. The third-order valence-electron chi connectivity index (χ3n) is 6.51. The number of pyridine rings is 1. The molecule has 0 spiro atoms. The number of aromatic amines is 1. The van der Waals surface area contributed by atoms with Gasteiger partial charge in [0.05, 0.1) is 41.2 Å². The number of aromatic nitrogens is 3. The number of halogens is 4. The quantitative estimate of drug-likeness (QED) is 0.418. The van der Waals surface area contributed by atoms with Gasteiger partial charge in [-0.05, 0) is 48.6 Å². The van der Waals surface area contributed by atoms with Gasteiger partial charge in [0, 0.05) is 31.6 Å². The summed E-state index contributed by atoms with van der Waals surface area (Å²) in [4.78, 5) is 6.81. The molecular weight excluding hydrogens is 462 g/mol. The van der Waals surface area contributed by atoms with E-state index >= 15 is 0 Å². The maximum absolute atomic E-state index is 14.5. The van der Waals surface area contributed by atoms with Crippen LogP contribution in [0.2, 0.25) is 0 Å². The summed E-state index contributed by atoms with van der Waals surface area (Å²) in [5, 5.41) is 10.2. The van der Waals surface area contributed by atoms with Gasteiger partial charge in [0.1, 0.15) is 12.4 Å².